The highest BCUT2D eigenvalue weighted by atomic mass is 19.4. The maximum absolute atomic E-state index is 13.5. The van der Waals surface area contributed by atoms with E-state index < -0.39 is 63.0 Å². The number of carbonyl (C=O) groups excluding carboxylic acids is 6. The predicted octanol–water partition coefficient (Wildman–Crippen LogP) is 13.3. The molecular formula is C110H133F9N22O6. The topological polar surface area (TPSA) is 333 Å². The van der Waals surface area contributed by atoms with Crippen LogP contribution < -0.4 is 63.8 Å². The van der Waals surface area contributed by atoms with E-state index in [1.54, 1.807) is 57.3 Å². The Morgan fingerprint density at radius 3 is 1.16 bits per heavy atom. The fourth-order valence-corrected chi connectivity index (χ4v) is 25.5. The van der Waals surface area contributed by atoms with Gasteiger partial charge in [0.25, 0.3) is 0 Å². The molecule has 12 N–H and O–H groups in total. The van der Waals surface area contributed by atoms with Gasteiger partial charge in [-0.2, -0.15) is 39.5 Å². The summed E-state index contributed by atoms with van der Waals surface area (Å²) in [5, 5.41) is 38.6. The van der Waals surface area contributed by atoms with Crippen LogP contribution in [0.1, 0.15) is 183 Å². The number of hydrogen-bond acceptors (Lipinski definition) is 17. The number of rotatable bonds is 20. The van der Waals surface area contributed by atoms with E-state index in [1.807, 2.05) is 52.9 Å². The molecule has 0 radical (unpaired) electrons. The molecule has 16 aliphatic rings. The molecule has 0 aromatic carbocycles. The monoisotopic (exact) mass is 2030 g/mol. The Hall–Kier alpha value is -11.6. The van der Waals surface area contributed by atoms with Crippen LogP contribution >= 0.6 is 0 Å². The molecule has 10 aromatic heterocycles. The van der Waals surface area contributed by atoms with Gasteiger partial charge in [0.1, 0.15) is 29.1 Å². The third kappa shape index (κ3) is 19.4. The number of nitrogens with one attached hydrogen (secondary N) is 12. The molecule has 28 nitrogen and oxygen atoms in total. The van der Waals surface area contributed by atoms with Gasteiger partial charge in [0.15, 0.2) is 5.69 Å². The van der Waals surface area contributed by atoms with E-state index in [0.717, 1.165) is 132 Å². The number of pyridine rings is 5. The molecule has 10 aromatic rings. The predicted molar refractivity (Wildman–Crippen MR) is 535 cm³/mol. The third-order valence-corrected chi connectivity index (χ3v) is 34.0. The summed E-state index contributed by atoms with van der Waals surface area (Å²) in [4.78, 5) is 98.0. The Morgan fingerprint density at radius 1 is 0.354 bits per heavy atom. The molecule has 14 fully saturated rings. The molecule has 10 aliphatic carbocycles. The molecule has 26 rings (SSSR count). The minimum absolute atomic E-state index is 0.00233. The summed E-state index contributed by atoms with van der Waals surface area (Å²) in [6.45, 7) is 39.9. The van der Waals surface area contributed by atoms with E-state index in [1.165, 1.54) is 92.6 Å². The zero-order valence-electron chi connectivity index (χ0n) is 85.5. The number of aryl methyl sites for hydroxylation is 3. The van der Waals surface area contributed by atoms with E-state index >= 15 is 0 Å². The summed E-state index contributed by atoms with van der Waals surface area (Å²) in [7, 11) is 0. The summed E-state index contributed by atoms with van der Waals surface area (Å²) < 4.78 is 127. The van der Waals surface area contributed by atoms with Crippen molar-refractivity contribution in [3.8, 4) is 0 Å². The highest BCUT2D eigenvalue weighted by molar-refractivity contribution is 5.87. The van der Waals surface area contributed by atoms with Gasteiger partial charge in [0.2, 0.25) is 35.4 Å². The van der Waals surface area contributed by atoms with Crippen molar-refractivity contribution < 1.29 is 68.3 Å². The van der Waals surface area contributed by atoms with Crippen molar-refractivity contribution in [2.75, 3.05) is 78.5 Å². The number of aromatic nitrogens is 10. The van der Waals surface area contributed by atoms with Crippen LogP contribution in [0.25, 0.3) is 27.6 Å². The van der Waals surface area contributed by atoms with Crippen molar-refractivity contribution in [1.82, 2.24) is 111 Å². The first kappa shape index (κ1) is 101. The van der Waals surface area contributed by atoms with Crippen LogP contribution in [-0.2, 0) is 75.0 Å². The summed E-state index contributed by atoms with van der Waals surface area (Å²) in [6.07, 6.45) is 13.9. The lowest BCUT2D eigenvalue weighted by Gasteiger charge is -2.32. The molecule has 6 amide bonds. The van der Waals surface area contributed by atoms with Gasteiger partial charge in [0, 0.05) is 78.3 Å². The van der Waals surface area contributed by atoms with E-state index in [4.69, 9.17) is 9.97 Å². The number of hydrogen-bond donors (Lipinski definition) is 12. The molecule has 7 unspecified atom stereocenters. The van der Waals surface area contributed by atoms with Crippen LogP contribution in [0.4, 0.5) is 39.5 Å². The van der Waals surface area contributed by atoms with Crippen LogP contribution in [0.5, 0.6) is 0 Å². The van der Waals surface area contributed by atoms with Crippen molar-refractivity contribution in [1.29, 1.82) is 0 Å². The van der Waals surface area contributed by atoms with E-state index in [-0.39, 0.29) is 87.8 Å². The summed E-state index contributed by atoms with van der Waals surface area (Å²) in [5.41, 5.74) is 5.22. The Labute approximate surface area is 847 Å². The van der Waals surface area contributed by atoms with Crippen molar-refractivity contribution in [2.24, 2.45) is 118 Å². The average molecular weight is 2030 g/mol. The molecule has 19 atom stereocenters. The highest BCUT2D eigenvalue weighted by Crippen LogP contribution is 2.57. The number of nitrogens with zero attached hydrogens (tertiary/aromatic N) is 10. The maximum Gasteiger partial charge on any atom is 0.435 e. The number of amides is 6. The molecule has 37 heteroatoms. The first-order valence-corrected chi connectivity index (χ1v) is 52.0. The van der Waals surface area contributed by atoms with Gasteiger partial charge >= 0.3 is 18.5 Å². The van der Waals surface area contributed by atoms with Gasteiger partial charge in [-0.15, -0.1) is 0 Å². The quantitative estimate of drug-likeness (QED) is 0.0315. The average Bonchev–Trinajstić information content (AvgIpc) is 1.59. The summed E-state index contributed by atoms with van der Waals surface area (Å²) >= 11 is 0. The number of alkyl halides is 9. The molecule has 0 spiro atoms. The number of allylic oxidation sites excluding steroid dienone is 7. The molecule has 6 saturated heterocycles. The van der Waals surface area contributed by atoms with Crippen LogP contribution in [0, 0.1) is 139 Å². The van der Waals surface area contributed by atoms with Gasteiger partial charge in [-0.1, -0.05) is 48.6 Å². The SMILES string of the molecule is CC(C)(NC(=O)C1[C@H]2CNC[C@@H]12)C1=CC(C2CC2)=C2C=CC=CC12.CC(C)(NC(=O)C1[C@H]2CNC[C@@H]12)c1ncc2cc(C(F)(F)F)ccn12.CC(C)(NC(=O)C1[C@H]2CNC[C@@H]12)c1ncc2ccc(C(F)(F)F)cn12.Cc1cccn2c(C(C)(C)NC(=O)C3[C@H]4CNC[C@@H]34)nc(C(F)(F)F)c12.Cc1cccn2c(C(C)(C)NC(=O)C3[C@H]4CNC[C@@H]34)nc(C3CC3)c12.Cc1nc(C(C)(C)NC(=O)C2[C@H]3CNC[C@@H]23)n2ccccc12. The molecule has 782 valence electrons. The Bertz CT molecular complexity index is 6980. The van der Waals surface area contributed by atoms with Crippen molar-refractivity contribution in [3.63, 3.8) is 0 Å². The second kappa shape index (κ2) is 36.9. The van der Waals surface area contributed by atoms with Gasteiger partial charge < -0.3 is 85.8 Å². The minimum Gasteiger partial charge on any atom is -0.347 e. The summed E-state index contributed by atoms with van der Waals surface area (Å²) in [6, 6.07) is 18.1. The first-order chi connectivity index (χ1) is 69.5. The van der Waals surface area contributed by atoms with Gasteiger partial charge in [-0.3, -0.25) is 28.8 Å². The standard InChI is InChI=1S/C21H26N2O.C20H26N4O.C18H21F3N4O.2C17H19F3N4O.C17H22N4O/c1-21(2,23-20(24)19-16-10-22-11-17(16)19)18-9-15(12-7-8-12)13-5-3-4-6-14(13)18;1-11-5-4-8-24-17(11)16(12-6-7-12)22-19(24)20(2,3)23-18(25)15-13-9-21-10-14(13)15;1-9-5-4-6-25-13(9)14(18(19,20)21)23-16(25)17(2,3)24-15(26)12-10-7-22-8-11(10)12;1-16(2,23-14(25)13-11-6-21-7-12(11)13)15-22-5-10-4-3-9(8-24(10)15)17(18,19)20;1-16(2,23-14(25)13-11-7-21-8-12(11)13)15-22-6-10-5-9(17(18,19)20)3-4-24(10)15;1-10-13-6-4-5-7-21(13)16(19-10)17(2,3)20-15(22)14-11-8-18-9-12(11)14/h3-6,9,12,14,16-17,19,22H,7-8,10-11H2,1-2H3,(H,23,24);4-5,8,12-15,21H,6-7,9-10H2,1-3H3,(H,23,25);4-6,10-12,22H,7-8H2,1-3H3,(H,24,26);3-5,8,11-13,21H,6-7H2,1-2H3,(H,23,25);3-6,11-13,21H,7-8H2,1-2H3,(H,23,25);4-7,11-12,14,18H,8-9H2,1-3H3,(H,20,22)/t14?,16-,17+,19?;13-,14+,15?;10-,11+,12?;2*11-,12+,13?;11-,12+,14?. The molecule has 8 saturated carbocycles. The van der Waals surface area contributed by atoms with Crippen LogP contribution in [0.3, 0.4) is 0 Å². The number of fused-ring (bicyclic) bond motifs is 12. The van der Waals surface area contributed by atoms with Crippen molar-refractivity contribution in [2.45, 2.75) is 187 Å². The number of carbonyl (C=O) groups is 6. The van der Waals surface area contributed by atoms with Gasteiger partial charge in [-0.05, 0) is 361 Å². The van der Waals surface area contributed by atoms with E-state index in [2.05, 4.69) is 177 Å². The largest absolute Gasteiger partial charge is 0.435 e. The Balaban J connectivity index is 0.000000104. The second-order valence-electron chi connectivity index (χ2n) is 47.0. The lowest BCUT2D eigenvalue weighted by Crippen LogP contribution is -2.47. The van der Waals surface area contributed by atoms with Gasteiger partial charge in [-0.25, -0.2) is 24.9 Å². The lowest BCUT2D eigenvalue weighted by molar-refractivity contribution is -0.140. The molecule has 16 heterocycles. The zero-order chi connectivity index (χ0) is 104. The first-order valence-electron chi connectivity index (χ1n) is 52.0. The van der Waals surface area contributed by atoms with Crippen LogP contribution in [0.2, 0.25) is 0 Å². The number of imidazole rings is 5. The van der Waals surface area contributed by atoms with Crippen LogP contribution in [-0.4, -0.2) is 166 Å². The zero-order valence-corrected chi connectivity index (χ0v) is 85.5. The van der Waals surface area contributed by atoms with Crippen molar-refractivity contribution in [3.05, 3.63) is 226 Å². The third-order valence-electron chi connectivity index (χ3n) is 34.0. The fourth-order valence-electron chi connectivity index (χ4n) is 25.5. The summed E-state index contributed by atoms with van der Waals surface area (Å²) in [5.74, 6) is 11.2. The fraction of sp³-hybridized carbons (Fsp3) is 0.555. The molecule has 0 bridgehead atoms. The van der Waals surface area contributed by atoms with E-state index in [9.17, 15) is 68.3 Å². The van der Waals surface area contributed by atoms with Gasteiger partial charge in [0.05, 0.1) is 95.7 Å². The lowest BCUT2D eigenvalue weighted by atomic mass is 9.81. The molecular weight excluding hydrogens is 1900 g/mol. The minimum atomic E-state index is -4.56. The highest BCUT2D eigenvalue weighted by Gasteiger charge is 2.63. The molecule has 147 heavy (non-hydrogen) atoms. The maximum atomic E-state index is 13.5. The van der Waals surface area contributed by atoms with E-state index in [0.29, 0.717) is 111 Å². The smallest absolute Gasteiger partial charge is 0.347 e. The Morgan fingerprint density at radius 2 is 0.735 bits per heavy atom. The van der Waals surface area contributed by atoms with Crippen molar-refractivity contribution >= 4 is 63.0 Å². The van der Waals surface area contributed by atoms with Crippen LogP contribution in [0.15, 0.2) is 157 Å². The number of piperidine rings is 6. The number of halogens is 9. The molecule has 6 aliphatic heterocycles. The Kier molecular flexibility index (Phi) is 25.4. The normalized spacial score (nSPS) is 28.1. The second-order valence-corrected chi connectivity index (χ2v) is 47.0.